The molecule has 0 bridgehead atoms. The van der Waals surface area contributed by atoms with Gasteiger partial charge in [0.15, 0.2) is 5.69 Å². The summed E-state index contributed by atoms with van der Waals surface area (Å²) in [5.41, 5.74) is 9.52. The Kier molecular flexibility index (Phi) is 5.00. The summed E-state index contributed by atoms with van der Waals surface area (Å²) in [6, 6.07) is 11.6. The number of benzene rings is 1. The summed E-state index contributed by atoms with van der Waals surface area (Å²) < 4.78 is 1.84. The third-order valence-electron chi connectivity index (χ3n) is 5.00. The first-order valence-corrected chi connectivity index (χ1v) is 10.3. The number of carbonyl (C=O) groups excluding carboxylic acids is 2. The Morgan fingerprint density at radius 2 is 1.89 bits per heavy atom. The van der Waals surface area contributed by atoms with Gasteiger partial charge >= 0.3 is 0 Å². The second-order valence-corrected chi connectivity index (χ2v) is 7.99. The smallest absolute Gasteiger partial charge is 0.266 e. The maximum atomic E-state index is 12.7. The number of fused-ring (bicyclic) bond motifs is 1. The van der Waals surface area contributed by atoms with Crippen LogP contribution in [0, 0.1) is 6.92 Å². The number of rotatable bonds is 4. The van der Waals surface area contributed by atoms with Gasteiger partial charge in [0.25, 0.3) is 11.8 Å². The molecule has 6 nitrogen and oxygen atoms in total. The lowest BCUT2D eigenvalue weighted by molar-refractivity contribution is 0.0845. The minimum absolute atomic E-state index is 0.305. The van der Waals surface area contributed by atoms with Gasteiger partial charge in [-0.1, -0.05) is 25.1 Å². The second kappa shape index (κ2) is 7.59. The number of hydrogen-bond donors (Lipinski definition) is 2. The summed E-state index contributed by atoms with van der Waals surface area (Å²) in [5, 5.41) is 4.54. The van der Waals surface area contributed by atoms with Crippen molar-refractivity contribution in [2.24, 2.45) is 0 Å². The Hall–Kier alpha value is -2.93. The Morgan fingerprint density at radius 3 is 2.61 bits per heavy atom. The van der Waals surface area contributed by atoms with Crippen molar-refractivity contribution in [1.82, 2.24) is 20.6 Å². The van der Waals surface area contributed by atoms with E-state index in [1.54, 1.807) is 0 Å². The average Bonchev–Trinajstić information content (AvgIpc) is 3.41. The van der Waals surface area contributed by atoms with Crippen molar-refractivity contribution in [1.29, 1.82) is 0 Å². The third-order valence-corrected chi connectivity index (χ3v) is 6.38. The lowest BCUT2D eigenvalue weighted by Gasteiger charge is -2.06. The number of aryl methyl sites for hydroxylation is 2. The zero-order valence-corrected chi connectivity index (χ0v) is 16.7. The molecule has 0 unspecified atom stereocenters. The van der Waals surface area contributed by atoms with E-state index in [0.29, 0.717) is 10.6 Å². The molecule has 0 spiro atoms. The number of hydrazine groups is 1. The van der Waals surface area contributed by atoms with Crippen molar-refractivity contribution < 1.29 is 9.59 Å². The van der Waals surface area contributed by atoms with E-state index in [9.17, 15) is 9.59 Å². The van der Waals surface area contributed by atoms with Crippen molar-refractivity contribution in [2.75, 3.05) is 0 Å². The first-order valence-electron chi connectivity index (χ1n) is 9.44. The number of aromatic nitrogens is 2. The van der Waals surface area contributed by atoms with E-state index in [4.69, 9.17) is 0 Å². The minimum Gasteiger partial charge on any atom is -0.266 e. The summed E-state index contributed by atoms with van der Waals surface area (Å²) in [6.45, 7) is 4.05. The predicted molar refractivity (Wildman–Crippen MR) is 109 cm³/mol. The molecule has 0 fully saturated rings. The number of nitrogens with one attached hydrogen (secondary N) is 2. The van der Waals surface area contributed by atoms with E-state index in [1.165, 1.54) is 16.2 Å². The molecule has 2 aromatic heterocycles. The molecular formula is C21H22N4O2S. The number of carbonyl (C=O) groups is 2. The molecule has 7 heteroatoms. The fourth-order valence-corrected chi connectivity index (χ4v) is 4.63. The topological polar surface area (TPSA) is 76.0 Å². The molecule has 1 aromatic carbocycles. The molecule has 0 saturated heterocycles. The van der Waals surface area contributed by atoms with Crippen molar-refractivity contribution in [3.63, 3.8) is 0 Å². The van der Waals surface area contributed by atoms with E-state index >= 15 is 0 Å². The van der Waals surface area contributed by atoms with Gasteiger partial charge in [-0.05, 0) is 56.4 Å². The monoisotopic (exact) mass is 394 g/mol. The van der Waals surface area contributed by atoms with Gasteiger partial charge in [0, 0.05) is 16.1 Å². The van der Waals surface area contributed by atoms with Crippen LogP contribution in [0.2, 0.25) is 0 Å². The van der Waals surface area contributed by atoms with Crippen LogP contribution >= 0.6 is 11.3 Å². The van der Waals surface area contributed by atoms with Gasteiger partial charge in [-0.25, -0.2) is 4.68 Å². The van der Waals surface area contributed by atoms with E-state index in [1.807, 2.05) is 48.0 Å². The maximum Gasteiger partial charge on any atom is 0.290 e. The normalized spacial score (nSPS) is 12.6. The van der Waals surface area contributed by atoms with Crippen LogP contribution in [0.25, 0.3) is 5.69 Å². The van der Waals surface area contributed by atoms with Crippen LogP contribution in [-0.2, 0) is 19.3 Å². The van der Waals surface area contributed by atoms with Crippen LogP contribution in [0.1, 0.15) is 55.2 Å². The van der Waals surface area contributed by atoms with E-state index in [2.05, 4.69) is 22.9 Å². The number of nitrogens with zero attached hydrogens (tertiary/aromatic N) is 2. The summed E-state index contributed by atoms with van der Waals surface area (Å²) in [4.78, 5) is 26.9. The average molecular weight is 395 g/mol. The number of para-hydroxylation sites is 1. The molecule has 3 aromatic rings. The van der Waals surface area contributed by atoms with Crippen LogP contribution < -0.4 is 10.9 Å². The van der Waals surface area contributed by atoms with Gasteiger partial charge < -0.3 is 0 Å². The summed E-state index contributed by atoms with van der Waals surface area (Å²) in [7, 11) is 0. The highest BCUT2D eigenvalue weighted by Crippen LogP contribution is 2.27. The van der Waals surface area contributed by atoms with Crippen LogP contribution in [-0.4, -0.2) is 21.6 Å². The van der Waals surface area contributed by atoms with Crippen LogP contribution in [0.5, 0.6) is 0 Å². The molecule has 0 atom stereocenters. The molecule has 0 aliphatic heterocycles. The highest BCUT2D eigenvalue weighted by molar-refractivity contribution is 7.14. The van der Waals surface area contributed by atoms with Crippen LogP contribution in [0.4, 0.5) is 0 Å². The second-order valence-electron chi connectivity index (χ2n) is 6.85. The van der Waals surface area contributed by atoms with Gasteiger partial charge in [0.05, 0.1) is 10.6 Å². The fourth-order valence-electron chi connectivity index (χ4n) is 3.62. The number of thiophene rings is 1. The third kappa shape index (κ3) is 3.33. The molecule has 1 aliphatic carbocycles. The van der Waals surface area contributed by atoms with Crippen LogP contribution in [0.3, 0.4) is 0 Å². The summed E-state index contributed by atoms with van der Waals surface area (Å²) in [6.07, 6.45) is 3.61. The van der Waals surface area contributed by atoms with Crippen molar-refractivity contribution in [3.8, 4) is 5.69 Å². The Bertz CT molecular complexity index is 1040. The highest BCUT2D eigenvalue weighted by Gasteiger charge is 2.27. The van der Waals surface area contributed by atoms with Crippen molar-refractivity contribution in [3.05, 3.63) is 68.7 Å². The largest absolute Gasteiger partial charge is 0.290 e. The molecule has 0 radical (unpaired) electrons. The first kappa shape index (κ1) is 18.4. The molecule has 1 aliphatic rings. The minimum atomic E-state index is -0.384. The predicted octanol–water partition coefficient (Wildman–Crippen LogP) is 3.37. The Labute approximate surface area is 167 Å². The molecule has 28 heavy (non-hydrogen) atoms. The number of amides is 2. The van der Waals surface area contributed by atoms with Gasteiger partial charge in [-0.3, -0.25) is 20.4 Å². The lowest BCUT2D eigenvalue weighted by Crippen LogP contribution is -2.41. The molecule has 2 N–H and O–H groups in total. The van der Waals surface area contributed by atoms with Gasteiger partial charge in [0.2, 0.25) is 0 Å². The molecule has 2 amide bonds. The number of hydrogen-bond acceptors (Lipinski definition) is 4. The van der Waals surface area contributed by atoms with Crippen molar-refractivity contribution >= 4 is 23.2 Å². The van der Waals surface area contributed by atoms with Crippen molar-refractivity contribution in [2.45, 2.75) is 39.5 Å². The van der Waals surface area contributed by atoms with Gasteiger partial charge in [-0.15, -0.1) is 11.3 Å². The van der Waals surface area contributed by atoms with E-state index in [0.717, 1.165) is 48.2 Å². The summed E-state index contributed by atoms with van der Waals surface area (Å²) >= 11 is 1.45. The lowest BCUT2D eigenvalue weighted by atomic mass is 10.2. The maximum absolute atomic E-state index is 12.7. The zero-order valence-electron chi connectivity index (χ0n) is 15.9. The molecule has 2 heterocycles. The molecular weight excluding hydrogens is 372 g/mol. The van der Waals surface area contributed by atoms with Crippen LogP contribution in [0.15, 0.2) is 36.4 Å². The van der Waals surface area contributed by atoms with Gasteiger partial charge in [-0.2, -0.15) is 5.10 Å². The standard InChI is InChI=1S/C21H22N4O2S/c1-3-17-13(2)12-18(28-17)20(26)22-23-21(27)19-15-10-7-11-16(15)25(24-19)14-8-5-4-6-9-14/h4-6,8-9,12H,3,7,10-11H2,1-2H3,(H,22,26)(H,23,27). The highest BCUT2D eigenvalue weighted by atomic mass is 32.1. The van der Waals surface area contributed by atoms with E-state index < -0.39 is 0 Å². The first-order chi connectivity index (χ1) is 13.6. The van der Waals surface area contributed by atoms with E-state index in [-0.39, 0.29) is 11.8 Å². The SMILES string of the molecule is CCc1sc(C(=O)NNC(=O)c2nn(-c3ccccc3)c3c2CCC3)cc1C. The Morgan fingerprint density at radius 1 is 1.14 bits per heavy atom. The Balaban J connectivity index is 1.52. The molecule has 0 saturated carbocycles. The molecule has 144 valence electrons. The summed E-state index contributed by atoms with van der Waals surface area (Å²) in [5.74, 6) is -0.689. The quantitative estimate of drug-likeness (QED) is 0.666. The fraction of sp³-hybridized carbons (Fsp3) is 0.286. The zero-order chi connectivity index (χ0) is 19.7. The molecule has 4 rings (SSSR count). The van der Waals surface area contributed by atoms with Gasteiger partial charge in [0.1, 0.15) is 0 Å².